The van der Waals surface area contributed by atoms with Gasteiger partial charge in [-0.25, -0.2) is 4.98 Å². The van der Waals surface area contributed by atoms with Crippen LogP contribution in [0.4, 0.5) is 5.69 Å². The Hall–Kier alpha value is -1.92. The number of hydrogen-bond acceptors (Lipinski definition) is 5. The summed E-state index contributed by atoms with van der Waals surface area (Å²) in [5.74, 6) is 0.143. The third-order valence-electron chi connectivity index (χ3n) is 5.07. The summed E-state index contributed by atoms with van der Waals surface area (Å²) in [5, 5.41) is 8.90. The molecule has 0 atom stereocenters. The summed E-state index contributed by atoms with van der Waals surface area (Å²) >= 11 is 1.64. The number of likely N-dealkylation sites (tertiary alicyclic amines) is 1. The first kappa shape index (κ1) is 15.6. The highest BCUT2D eigenvalue weighted by molar-refractivity contribution is 7.07. The number of benzene rings is 1. The van der Waals surface area contributed by atoms with Crippen molar-refractivity contribution in [2.24, 2.45) is 0 Å². The zero-order valence-electron chi connectivity index (χ0n) is 13.6. The number of para-hydroxylation sites is 1. The largest absolute Gasteiger partial charge is 0.379 e. The number of thiazole rings is 1. The van der Waals surface area contributed by atoms with Crippen molar-refractivity contribution in [2.75, 3.05) is 18.4 Å². The van der Waals surface area contributed by atoms with Crippen LogP contribution in [0.5, 0.6) is 0 Å². The summed E-state index contributed by atoms with van der Waals surface area (Å²) in [6.07, 6.45) is 2.49. The van der Waals surface area contributed by atoms with Crippen LogP contribution in [0.15, 0.2) is 35.2 Å². The minimum absolute atomic E-state index is 0.140. The fourth-order valence-corrected chi connectivity index (χ4v) is 4.23. The standard InChI is InChI=1S/C18H22N4OS/c23-17-9-18(21-16-4-2-1-3-14(16)10-19-17)5-7-22(8-6-18)11-15-12-24-13-20-15/h1-4,12-13,21H,5-11H2,(H,19,23). The SMILES string of the molecule is O=C1CC2(CCN(Cc3cscn3)CC2)Nc2ccccc2CN1. The first-order chi connectivity index (χ1) is 11.7. The van der Waals surface area contributed by atoms with E-state index in [1.807, 2.05) is 11.6 Å². The zero-order chi connectivity index (χ0) is 16.4. The quantitative estimate of drug-likeness (QED) is 0.881. The van der Waals surface area contributed by atoms with E-state index in [1.54, 1.807) is 11.3 Å². The Kier molecular flexibility index (Phi) is 4.24. The number of piperidine rings is 1. The molecular weight excluding hydrogens is 320 g/mol. The van der Waals surface area contributed by atoms with Crippen LogP contribution in [0.25, 0.3) is 0 Å². The number of aromatic nitrogens is 1. The molecule has 0 radical (unpaired) electrons. The van der Waals surface area contributed by atoms with E-state index in [2.05, 4.69) is 44.1 Å². The van der Waals surface area contributed by atoms with Gasteiger partial charge in [-0.3, -0.25) is 9.69 Å². The van der Waals surface area contributed by atoms with E-state index in [0.717, 1.165) is 49.4 Å². The third kappa shape index (κ3) is 3.30. The lowest BCUT2D eigenvalue weighted by atomic mass is 9.82. The molecule has 3 heterocycles. The summed E-state index contributed by atoms with van der Waals surface area (Å²) in [6.45, 7) is 3.48. The molecule has 0 bridgehead atoms. The Labute approximate surface area is 146 Å². The highest BCUT2D eigenvalue weighted by Crippen LogP contribution is 2.33. The maximum Gasteiger partial charge on any atom is 0.222 e. The van der Waals surface area contributed by atoms with Gasteiger partial charge < -0.3 is 10.6 Å². The lowest BCUT2D eigenvalue weighted by molar-refractivity contribution is -0.122. The molecule has 1 saturated heterocycles. The van der Waals surface area contributed by atoms with Crippen LogP contribution in [0.3, 0.4) is 0 Å². The van der Waals surface area contributed by atoms with E-state index >= 15 is 0 Å². The van der Waals surface area contributed by atoms with Crippen LogP contribution in [0, 0.1) is 0 Å². The molecule has 5 nitrogen and oxygen atoms in total. The average molecular weight is 342 g/mol. The Morgan fingerprint density at radius 1 is 1.25 bits per heavy atom. The number of rotatable bonds is 2. The third-order valence-corrected chi connectivity index (χ3v) is 5.71. The van der Waals surface area contributed by atoms with Crippen LogP contribution < -0.4 is 10.6 Å². The highest BCUT2D eigenvalue weighted by atomic mass is 32.1. The van der Waals surface area contributed by atoms with Crippen molar-refractivity contribution in [3.05, 3.63) is 46.4 Å². The molecule has 2 aromatic rings. The monoisotopic (exact) mass is 342 g/mol. The van der Waals surface area contributed by atoms with Gasteiger partial charge in [0.2, 0.25) is 5.91 Å². The second kappa shape index (κ2) is 6.53. The smallest absolute Gasteiger partial charge is 0.222 e. The average Bonchev–Trinajstić information content (AvgIpc) is 3.08. The second-order valence-corrected chi connectivity index (χ2v) is 7.49. The topological polar surface area (TPSA) is 57.3 Å². The molecule has 1 fully saturated rings. The number of carbonyl (C=O) groups excluding carboxylic acids is 1. The Morgan fingerprint density at radius 2 is 2.08 bits per heavy atom. The fraction of sp³-hybridized carbons (Fsp3) is 0.444. The Balaban J connectivity index is 1.49. The van der Waals surface area contributed by atoms with Gasteiger partial charge in [-0.1, -0.05) is 18.2 Å². The van der Waals surface area contributed by atoms with Crippen LogP contribution in [-0.4, -0.2) is 34.4 Å². The van der Waals surface area contributed by atoms with Gasteiger partial charge in [-0.05, 0) is 24.5 Å². The molecule has 2 aliphatic rings. The van der Waals surface area contributed by atoms with E-state index in [0.29, 0.717) is 13.0 Å². The molecule has 2 aliphatic heterocycles. The summed E-state index contributed by atoms with van der Waals surface area (Å²) in [7, 11) is 0. The molecule has 1 aromatic carbocycles. The van der Waals surface area contributed by atoms with Crippen molar-refractivity contribution in [3.63, 3.8) is 0 Å². The molecule has 2 N–H and O–H groups in total. The number of hydrogen-bond donors (Lipinski definition) is 2. The van der Waals surface area contributed by atoms with E-state index in [1.165, 1.54) is 0 Å². The lowest BCUT2D eigenvalue weighted by Crippen LogP contribution is -2.52. The van der Waals surface area contributed by atoms with Crippen molar-refractivity contribution >= 4 is 22.9 Å². The van der Waals surface area contributed by atoms with Gasteiger partial charge in [0, 0.05) is 49.2 Å². The van der Waals surface area contributed by atoms with Gasteiger partial charge in [0.15, 0.2) is 0 Å². The number of carbonyl (C=O) groups is 1. The van der Waals surface area contributed by atoms with Gasteiger partial charge in [0.05, 0.1) is 11.2 Å². The molecule has 1 amide bonds. The summed E-state index contributed by atoms with van der Waals surface area (Å²) < 4.78 is 0. The van der Waals surface area contributed by atoms with Gasteiger partial charge in [-0.2, -0.15) is 0 Å². The number of fused-ring (bicyclic) bond motifs is 1. The van der Waals surface area contributed by atoms with Crippen LogP contribution in [-0.2, 0) is 17.9 Å². The predicted octanol–water partition coefficient (Wildman–Crippen LogP) is 2.61. The summed E-state index contributed by atoms with van der Waals surface area (Å²) in [6, 6.07) is 8.28. The number of nitrogens with zero attached hydrogens (tertiary/aromatic N) is 2. The van der Waals surface area contributed by atoms with Crippen molar-refractivity contribution < 1.29 is 4.79 Å². The lowest BCUT2D eigenvalue weighted by Gasteiger charge is -2.43. The molecule has 1 spiro atoms. The minimum Gasteiger partial charge on any atom is -0.379 e. The van der Waals surface area contributed by atoms with Gasteiger partial charge >= 0.3 is 0 Å². The maximum absolute atomic E-state index is 12.3. The van der Waals surface area contributed by atoms with Crippen molar-refractivity contribution in [1.82, 2.24) is 15.2 Å². The first-order valence-corrected chi connectivity index (χ1v) is 9.39. The van der Waals surface area contributed by atoms with Gasteiger partial charge in [0.1, 0.15) is 0 Å². The minimum atomic E-state index is -0.140. The second-order valence-electron chi connectivity index (χ2n) is 6.77. The van der Waals surface area contributed by atoms with Gasteiger partial charge in [0.25, 0.3) is 0 Å². The molecule has 24 heavy (non-hydrogen) atoms. The van der Waals surface area contributed by atoms with Crippen LogP contribution in [0.2, 0.25) is 0 Å². The normalized spacial score (nSPS) is 20.6. The van der Waals surface area contributed by atoms with Crippen molar-refractivity contribution in [1.29, 1.82) is 0 Å². The van der Waals surface area contributed by atoms with Crippen LogP contribution in [0.1, 0.15) is 30.5 Å². The molecule has 126 valence electrons. The first-order valence-electron chi connectivity index (χ1n) is 8.45. The fourth-order valence-electron chi connectivity index (χ4n) is 3.68. The van der Waals surface area contributed by atoms with E-state index in [4.69, 9.17) is 0 Å². The van der Waals surface area contributed by atoms with E-state index in [9.17, 15) is 4.79 Å². The highest BCUT2D eigenvalue weighted by Gasteiger charge is 2.37. The molecule has 4 rings (SSSR count). The van der Waals surface area contributed by atoms with E-state index < -0.39 is 0 Å². The van der Waals surface area contributed by atoms with Crippen LogP contribution >= 0.6 is 11.3 Å². The zero-order valence-corrected chi connectivity index (χ0v) is 14.4. The number of anilines is 1. The molecular formula is C18H22N4OS. The number of amides is 1. The summed E-state index contributed by atoms with van der Waals surface area (Å²) in [5.41, 5.74) is 5.21. The Morgan fingerprint density at radius 3 is 2.88 bits per heavy atom. The Bertz CT molecular complexity index is 708. The molecule has 0 unspecified atom stereocenters. The molecule has 0 saturated carbocycles. The van der Waals surface area contributed by atoms with Crippen molar-refractivity contribution in [3.8, 4) is 0 Å². The number of nitrogens with one attached hydrogen (secondary N) is 2. The van der Waals surface area contributed by atoms with Crippen molar-refractivity contribution in [2.45, 2.75) is 37.9 Å². The molecule has 6 heteroatoms. The maximum atomic E-state index is 12.3. The predicted molar refractivity (Wildman–Crippen MR) is 95.9 cm³/mol. The van der Waals surface area contributed by atoms with Gasteiger partial charge in [-0.15, -0.1) is 11.3 Å². The van der Waals surface area contributed by atoms with E-state index in [-0.39, 0.29) is 11.4 Å². The molecule has 0 aliphatic carbocycles. The summed E-state index contributed by atoms with van der Waals surface area (Å²) in [4.78, 5) is 19.1. The molecule has 1 aromatic heterocycles.